The minimum Gasteiger partial charge on any atom is -0.357 e. The highest BCUT2D eigenvalue weighted by Crippen LogP contribution is 2.19. The number of nitrogens with zero attached hydrogens (tertiary/aromatic N) is 5. The first-order chi connectivity index (χ1) is 16.1. The van der Waals surface area contributed by atoms with Crippen molar-refractivity contribution in [2.75, 3.05) is 23.7 Å². The van der Waals surface area contributed by atoms with Gasteiger partial charge in [0.15, 0.2) is 17.0 Å². The molecule has 1 aliphatic heterocycles. The molecule has 2 aromatic heterocycles. The van der Waals surface area contributed by atoms with Gasteiger partial charge >= 0.3 is 6.03 Å². The van der Waals surface area contributed by atoms with Gasteiger partial charge in [-0.3, -0.25) is 14.7 Å². The molecule has 0 spiro atoms. The van der Waals surface area contributed by atoms with Crippen molar-refractivity contribution in [2.24, 2.45) is 0 Å². The monoisotopic (exact) mass is 451 g/mol. The lowest BCUT2D eigenvalue weighted by Crippen LogP contribution is -2.28. The van der Waals surface area contributed by atoms with E-state index in [4.69, 9.17) is 4.74 Å². The van der Waals surface area contributed by atoms with Crippen LogP contribution in [0.1, 0.15) is 39.0 Å². The minimum atomic E-state index is -0.416. The van der Waals surface area contributed by atoms with E-state index in [1.54, 1.807) is 23.0 Å². The summed E-state index contributed by atoms with van der Waals surface area (Å²) in [5.74, 6) is 0.523. The number of benzene rings is 1. The maximum atomic E-state index is 12.3. The van der Waals surface area contributed by atoms with Crippen molar-refractivity contribution < 1.29 is 14.3 Å². The van der Waals surface area contributed by atoms with E-state index >= 15 is 0 Å². The van der Waals surface area contributed by atoms with Crippen molar-refractivity contribution in [1.29, 1.82) is 0 Å². The normalized spacial score (nSPS) is 14.4. The van der Waals surface area contributed by atoms with Crippen LogP contribution >= 0.6 is 0 Å². The lowest BCUT2D eigenvalue weighted by atomic mass is 10.1. The molecule has 1 fully saturated rings. The second-order valence-electron chi connectivity index (χ2n) is 8.01. The molecule has 1 atom stereocenters. The summed E-state index contributed by atoms with van der Waals surface area (Å²) < 4.78 is 7.82. The van der Waals surface area contributed by atoms with E-state index in [0.29, 0.717) is 35.5 Å². The lowest BCUT2D eigenvalue weighted by molar-refractivity contribution is -0.131. The summed E-state index contributed by atoms with van der Waals surface area (Å²) in [6, 6.07) is 8.73. The van der Waals surface area contributed by atoms with Crippen LogP contribution < -0.4 is 10.6 Å². The molecule has 1 saturated heterocycles. The van der Waals surface area contributed by atoms with Gasteiger partial charge in [0.1, 0.15) is 13.1 Å². The van der Waals surface area contributed by atoms with E-state index in [1.165, 1.54) is 6.33 Å². The average molecular weight is 452 g/mol. The van der Waals surface area contributed by atoms with Crippen molar-refractivity contribution in [1.82, 2.24) is 24.4 Å². The van der Waals surface area contributed by atoms with Gasteiger partial charge in [-0.25, -0.2) is 19.7 Å². The number of hydrogen-bond donors (Lipinski definition) is 2. The Morgan fingerprint density at radius 3 is 2.64 bits per heavy atom. The van der Waals surface area contributed by atoms with Gasteiger partial charge in [0.05, 0.1) is 12.4 Å². The number of urea groups is 1. The van der Waals surface area contributed by atoms with Gasteiger partial charge in [0, 0.05) is 25.2 Å². The van der Waals surface area contributed by atoms with Gasteiger partial charge in [-0.1, -0.05) is 25.1 Å². The lowest BCUT2D eigenvalue weighted by Gasteiger charge is -2.19. The van der Waals surface area contributed by atoms with Crippen molar-refractivity contribution >= 4 is 34.6 Å². The Labute approximate surface area is 192 Å². The zero-order valence-electron chi connectivity index (χ0n) is 18.7. The number of amides is 3. The number of likely N-dealkylation sites (tertiary alicyclic amines) is 1. The molecular formula is C23H29N7O3. The fourth-order valence-electron chi connectivity index (χ4n) is 3.86. The highest BCUT2D eigenvalue weighted by molar-refractivity contribution is 6.02. The SMILES string of the molecule is CCC(CCC(=O)N1CCCC1)OCn1cnc2c(NC(=O)Nc3ccccc3)ncnc21. The topological polar surface area (TPSA) is 114 Å². The van der Waals surface area contributed by atoms with Gasteiger partial charge in [0.25, 0.3) is 0 Å². The first kappa shape index (κ1) is 22.7. The fourth-order valence-corrected chi connectivity index (χ4v) is 3.86. The number of para-hydroxylation sites is 1. The maximum Gasteiger partial charge on any atom is 0.324 e. The summed E-state index contributed by atoms with van der Waals surface area (Å²) in [6.45, 7) is 4.04. The summed E-state index contributed by atoms with van der Waals surface area (Å²) in [6.07, 6.45) is 7.13. The zero-order valence-corrected chi connectivity index (χ0v) is 18.7. The van der Waals surface area contributed by atoms with Crippen molar-refractivity contribution in [3.8, 4) is 0 Å². The summed E-state index contributed by atoms with van der Waals surface area (Å²) in [7, 11) is 0. The number of nitrogens with one attached hydrogen (secondary N) is 2. The van der Waals surface area contributed by atoms with Gasteiger partial charge in [-0.2, -0.15) is 0 Å². The number of hydrogen-bond acceptors (Lipinski definition) is 6. The van der Waals surface area contributed by atoms with Crippen LogP contribution in [-0.2, 0) is 16.3 Å². The van der Waals surface area contributed by atoms with Gasteiger partial charge in [0.2, 0.25) is 5.91 Å². The molecule has 0 radical (unpaired) electrons. The molecule has 3 heterocycles. The molecule has 1 aromatic carbocycles. The fraction of sp³-hybridized carbons (Fsp3) is 0.435. The Kier molecular flexibility index (Phi) is 7.46. The highest BCUT2D eigenvalue weighted by Gasteiger charge is 2.19. The Bertz CT molecular complexity index is 1080. The number of anilines is 2. The molecule has 33 heavy (non-hydrogen) atoms. The molecule has 2 N–H and O–H groups in total. The summed E-state index contributed by atoms with van der Waals surface area (Å²) in [4.78, 5) is 39.4. The molecule has 3 amide bonds. The van der Waals surface area contributed by atoms with E-state index in [-0.39, 0.29) is 18.7 Å². The van der Waals surface area contributed by atoms with Gasteiger partial charge in [-0.15, -0.1) is 0 Å². The van der Waals surface area contributed by atoms with E-state index < -0.39 is 6.03 Å². The molecule has 10 nitrogen and oxygen atoms in total. The molecule has 3 aromatic rings. The minimum absolute atomic E-state index is 0.0370. The number of carbonyl (C=O) groups is 2. The van der Waals surface area contributed by atoms with Crippen LogP contribution in [0, 0.1) is 0 Å². The molecule has 0 saturated carbocycles. The summed E-state index contributed by atoms with van der Waals surface area (Å²) in [5.41, 5.74) is 1.71. The van der Waals surface area contributed by atoms with Crippen LogP contribution in [0.25, 0.3) is 11.2 Å². The predicted molar refractivity (Wildman–Crippen MR) is 125 cm³/mol. The molecule has 0 aliphatic carbocycles. The van der Waals surface area contributed by atoms with Gasteiger partial charge < -0.3 is 15.0 Å². The van der Waals surface area contributed by atoms with E-state index in [1.807, 2.05) is 30.0 Å². The summed E-state index contributed by atoms with van der Waals surface area (Å²) in [5, 5.41) is 5.47. The quantitative estimate of drug-likeness (QED) is 0.514. The largest absolute Gasteiger partial charge is 0.357 e. The molecule has 1 aliphatic rings. The van der Waals surface area contributed by atoms with Crippen LogP contribution in [-0.4, -0.2) is 55.6 Å². The molecule has 174 valence electrons. The zero-order chi connectivity index (χ0) is 23.0. The van der Waals surface area contributed by atoms with Crippen LogP contribution in [0.3, 0.4) is 0 Å². The van der Waals surface area contributed by atoms with E-state index in [9.17, 15) is 9.59 Å². The molecule has 0 bridgehead atoms. The smallest absolute Gasteiger partial charge is 0.324 e. The number of ether oxygens (including phenoxy) is 1. The predicted octanol–water partition coefficient (Wildman–Crippen LogP) is 3.63. The highest BCUT2D eigenvalue weighted by atomic mass is 16.5. The number of fused-ring (bicyclic) bond motifs is 1. The molecule has 1 unspecified atom stereocenters. The second-order valence-corrected chi connectivity index (χ2v) is 8.01. The van der Waals surface area contributed by atoms with Crippen molar-refractivity contribution in [3.63, 3.8) is 0 Å². The number of aromatic nitrogens is 4. The van der Waals surface area contributed by atoms with Crippen LogP contribution in [0.5, 0.6) is 0 Å². The second kappa shape index (κ2) is 10.9. The number of rotatable bonds is 9. The first-order valence-corrected chi connectivity index (χ1v) is 11.3. The Balaban J connectivity index is 1.34. The third kappa shape index (κ3) is 5.83. The van der Waals surface area contributed by atoms with Crippen molar-refractivity contribution in [2.45, 2.75) is 51.9 Å². The third-order valence-electron chi connectivity index (χ3n) is 5.71. The van der Waals surface area contributed by atoms with Crippen LogP contribution in [0.4, 0.5) is 16.3 Å². The first-order valence-electron chi connectivity index (χ1n) is 11.3. The number of carbonyl (C=O) groups excluding carboxylic acids is 2. The van der Waals surface area contributed by atoms with E-state index in [0.717, 1.165) is 32.4 Å². The Morgan fingerprint density at radius 2 is 1.88 bits per heavy atom. The summed E-state index contributed by atoms with van der Waals surface area (Å²) >= 11 is 0. The molecular weight excluding hydrogens is 422 g/mol. The molecule has 4 rings (SSSR count). The van der Waals surface area contributed by atoms with Gasteiger partial charge in [-0.05, 0) is 37.8 Å². The Hall–Kier alpha value is -3.53. The Morgan fingerprint density at radius 1 is 1.09 bits per heavy atom. The maximum absolute atomic E-state index is 12.3. The standard InChI is InChI=1S/C23H29N7O3/c1-2-18(10-11-19(31)29-12-6-7-13-29)33-16-30-15-26-20-21(24-14-25-22(20)30)28-23(32)27-17-8-4-3-5-9-17/h3-5,8-9,14-15,18H,2,6-7,10-13,16H2,1H3,(H2,24,25,27,28,32). The average Bonchev–Trinajstić information content (AvgIpc) is 3.51. The number of imidazole rings is 1. The van der Waals surface area contributed by atoms with Crippen molar-refractivity contribution in [3.05, 3.63) is 43.0 Å². The third-order valence-corrected chi connectivity index (χ3v) is 5.71. The van der Waals surface area contributed by atoms with Crippen LogP contribution in [0.2, 0.25) is 0 Å². The van der Waals surface area contributed by atoms with E-state index in [2.05, 4.69) is 25.6 Å². The van der Waals surface area contributed by atoms with Crippen LogP contribution in [0.15, 0.2) is 43.0 Å². The molecule has 10 heteroatoms.